The highest BCUT2D eigenvalue weighted by Crippen LogP contribution is 2.39. The summed E-state index contributed by atoms with van der Waals surface area (Å²) in [7, 11) is 0. The van der Waals surface area contributed by atoms with Gasteiger partial charge in [0.05, 0.1) is 0 Å². The van der Waals surface area contributed by atoms with E-state index in [1.807, 2.05) is 0 Å². The summed E-state index contributed by atoms with van der Waals surface area (Å²) in [6.07, 6.45) is 1.25. The lowest BCUT2D eigenvalue weighted by atomic mass is 9.86. The Bertz CT molecular complexity index is 246. The van der Waals surface area contributed by atoms with Crippen LogP contribution in [0.1, 0.15) is 25.7 Å². The van der Waals surface area contributed by atoms with Gasteiger partial charge in [-0.1, -0.05) is 12.8 Å². The molecule has 6 heteroatoms. The van der Waals surface area contributed by atoms with E-state index in [0.717, 1.165) is 0 Å². The zero-order chi connectivity index (χ0) is 10.8. The molecule has 0 aliphatic heterocycles. The predicted molar refractivity (Wildman–Crippen MR) is 40.6 cm³/mol. The van der Waals surface area contributed by atoms with Crippen LogP contribution in [0.15, 0.2) is 0 Å². The van der Waals surface area contributed by atoms with E-state index in [0.29, 0.717) is 12.8 Å². The van der Waals surface area contributed by atoms with Crippen LogP contribution in [-0.4, -0.2) is 23.7 Å². The van der Waals surface area contributed by atoms with Crippen LogP contribution in [0.5, 0.6) is 0 Å². The summed E-state index contributed by atoms with van der Waals surface area (Å²) in [5, 5.41) is 8.80. The van der Waals surface area contributed by atoms with Gasteiger partial charge in [0.2, 0.25) is 0 Å². The van der Waals surface area contributed by atoms with Crippen LogP contribution in [-0.2, 0) is 14.3 Å². The first-order chi connectivity index (χ1) is 6.49. The molecule has 1 aliphatic rings. The van der Waals surface area contributed by atoms with Crippen molar-refractivity contribution in [3.05, 3.63) is 0 Å². The average molecular weight is 208 g/mol. The van der Waals surface area contributed by atoms with Crippen LogP contribution in [0.4, 0.5) is 8.78 Å². The van der Waals surface area contributed by atoms with Crippen molar-refractivity contribution >= 4 is 11.9 Å². The van der Waals surface area contributed by atoms with Gasteiger partial charge in [0.1, 0.15) is 0 Å². The molecule has 4 nitrogen and oxygen atoms in total. The van der Waals surface area contributed by atoms with E-state index >= 15 is 0 Å². The number of hydrogen-bond donors (Lipinski definition) is 1. The van der Waals surface area contributed by atoms with Crippen LogP contribution in [0, 0.1) is 5.41 Å². The number of ether oxygens (including phenoxy) is 1. The summed E-state index contributed by atoms with van der Waals surface area (Å²) in [6.45, 7) is -3.25. The van der Waals surface area contributed by atoms with E-state index in [-0.39, 0.29) is 12.8 Å². The molecule has 0 saturated heterocycles. The van der Waals surface area contributed by atoms with Gasteiger partial charge in [-0.25, -0.2) is 0 Å². The minimum atomic E-state index is -3.25. The third-order valence-electron chi connectivity index (χ3n) is 2.45. The molecule has 1 saturated carbocycles. The summed E-state index contributed by atoms with van der Waals surface area (Å²) in [4.78, 5) is 21.9. The lowest BCUT2D eigenvalue weighted by Crippen LogP contribution is -2.38. The summed E-state index contributed by atoms with van der Waals surface area (Å²) < 4.78 is 27.1. The molecule has 1 N–H and O–H groups in total. The number of aliphatic carboxylic acids is 1. The fraction of sp³-hybridized carbons (Fsp3) is 0.750. The monoisotopic (exact) mass is 208 g/mol. The Morgan fingerprint density at radius 3 is 2.14 bits per heavy atom. The Balaban J connectivity index is 2.77. The molecule has 0 radical (unpaired) electrons. The number of esters is 1. The summed E-state index contributed by atoms with van der Waals surface area (Å²) in [5.41, 5.74) is -1.74. The third kappa shape index (κ3) is 1.83. The molecule has 0 aromatic heterocycles. The SMILES string of the molecule is O=C(O)C1(C(=O)OC(F)F)CCCC1. The van der Waals surface area contributed by atoms with E-state index in [2.05, 4.69) is 4.74 Å². The first kappa shape index (κ1) is 10.9. The number of rotatable bonds is 3. The third-order valence-corrected chi connectivity index (χ3v) is 2.45. The van der Waals surface area contributed by atoms with Gasteiger partial charge in [-0.2, -0.15) is 8.78 Å². The molecule has 0 atom stereocenters. The molecule has 0 aromatic carbocycles. The quantitative estimate of drug-likeness (QED) is 0.562. The Hall–Kier alpha value is -1.20. The predicted octanol–water partition coefficient (Wildman–Crippen LogP) is 1.40. The highest BCUT2D eigenvalue weighted by Gasteiger charge is 2.50. The summed E-state index contributed by atoms with van der Waals surface area (Å²) in [6, 6.07) is 0. The van der Waals surface area contributed by atoms with Crippen molar-refractivity contribution in [2.75, 3.05) is 0 Å². The smallest absolute Gasteiger partial charge is 0.389 e. The molecule has 0 heterocycles. The molecule has 0 bridgehead atoms. The van der Waals surface area contributed by atoms with Crippen molar-refractivity contribution in [2.45, 2.75) is 32.3 Å². The van der Waals surface area contributed by atoms with Crippen molar-refractivity contribution in [3.8, 4) is 0 Å². The van der Waals surface area contributed by atoms with Crippen LogP contribution >= 0.6 is 0 Å². The lowest BCUT2D eigenvalue weighted by molar-refractivity contribution is -0.192. The zero-order valence-corrected chi connectivity index (χ0v) is 7.33. The van der Waals surface area contributed by atoms with Gasteiger partial charge in [-0.15, -0.1) is 0 Å². The molecule has 1 fully saturated rings. The Kier molecular flexibility index (Phi) is 3.03. The highest BCUT2D eigenvalue weighted by molar-refractivity contribution is 5.99. The Morgan fingerprint density at radius 2 is 1.79 bits per heavy atom. The largest absolute Gasteiger partial charge is 0.480 e. The highest BCUT2D eigenvalue weighted by atomic mass is 19.3. The minimum absolute atomic E-state index is 0.0773. The van der Waals surface area contributed by atoms with Crippen LogP contribution in [0.25, 0.3) is 0 Å². The van der Waals surface area contributed by atoms with Crippen molar-refractivity contribution in [1.29, 1.82) is 0 Å². The van der Waals surface area contributed by atoms with Crippen molar-refractivity contribution in [1.82, 2.24) is 0 Å². The van der Waals surface area contributed by atoms with Crippen LogP contribution in [0.2, 0.25) is 0 Å². The number of carbonyl (C=O) groups excluding carboxylic acids is 1. The minimum Gasteiger partial charge on any atom is -0.480 e. The zero-order valence-electron chi connectivity index (χ0n) is 7.33. The normalized spacial score (nSPS) is 19.6. The Morgan fingerprint density at radius 1 is 1.29 bits per heavy atom. The van der Waals surface area contributed by atoms with E-state index in [1.165, 1.54) is 0 Å². The molecule has 0 unspecified atom stereocenters. The van der Waals surface area contributed by atoms with E-state index in [4.69, 9.17) is 5.11 Å². The molecule has 14 heavy (non-hydrogen) atoms. The van der Waals surface area contributed by atoms with Gasteiger partial charge in [-0.3, -0.25) is 9.59 Å². The molecule has 80 valence electrons. The van der Waals surface area contributed by atoms with E-state index in [1.54, 1.807) is 0 Å². The van der Waals surface area contributed by atoms with Gasteiger partial charge in [0, 0.05) is 0 Å². The molecule has 0 aromatic rings. The number of hydrogen-bond acceptors (Lipinski definition) is 3. The fourth-order valence-corrected chi connectivity index (χ4v) is 1.68. The van der Waals surface area contributed by atoms with Crippen LogP contribution < -0.4 is 0 Å². The summed E-state index contributed by atoms with van der Waals surface area (Å²) in [5.74, 6) is -2.70. The lowest BCUT2D eigenvalue weighted by Gasteiger charge is -2.20. The first-order valence-corrected chi connectivity index (χ1v) is 4.22. The van der Waals surface area contributed by atoms with Crippen molar-refractivity contribution < 1.29 is 28.2 Å². The van der Waals surface area contributed by atoms with Crippen LogP contribution in [0.3, 0.4) is 0 Å². The van der Waals surface area contributed by atoms with Gasteiger partial charge < -0.3 is 9.84 Å². The molecular weight excluding hydrogens is 198 g/mol. The second-order valence-electron chi connectivity index (χ2n) is 3.26. The average Bonchev–Trinajstić information content (AvgIpc) is 2.51. The van der Waals surface area contributed by atoms with Gasteiger partial charge >= 0.3 is 18.6 Å². The number of carboxylic acid groups (broad SMARTS) is 1. The van der Waals surface area contributed by atoms with Gasteiger partial charge in [0.15, 0.2) is 5.41 Å². The number of carboxylic acids is 1. The molecule has 1 rings (SSSR count). The Labute approximate surface area is 78.8 Å². The molecule has 0 spiro atoms. The van der Waals surface area contributed by atoms with Gasteiger partial charge in [0.25, 0.3) is 0 Å². The molecular formula is C8H10F2O4. The first-order valence-electron chi connectivity index (χ1n) is 4.22. The fourth-order valence-electron chi connectivity index (χ4n) is 1.68. The maximum atomic E-state index is 11.7. The topological polar surface area (TPSA) is 63.6 Å². The molecule has 0 amide bonds. The van der Waals surface area contributed by atoms with E-state index < -0.39 is 24.0 Å². The van der Waals surface area contributed by atoms with Crippen molar-refractivity contribution in [3.63, 3.8) is 0 Å². The second kappa shape index (κ2) is 3.89. The summed E-state index contributed by atoms with van der Waals surface area (Å²) >= 11 is 0. The maximum absolute atomic E-state index is 11.7. The molecule has 1 aliphatic carbocycles. The standard InChI is InChI=1S/C8H10F2O4/c9-7(10)14-6(13)8(5(11)12)3-1-2-4-8/h7H,1-4H2,(H,11,12). The number of carbonyl (C=O) groups is 2. The van der Waals surface area contributed by atoms with Crippen molar-refractivity contribution in [2.24, 2.45) is 5.41 Å². The number of halogens is 2. The van der Waals surface area contributed by atoms with Gasteiger partial charge in [-0.05, 0) is 12.8 Å². The number of alkyl halides is 2. The van der Waals surface area contributed by atoms with E-state index in [9.17, 15) is 18.4 Å². The maximum Gasteiger partial charge on any atom is 0.389 e. The second-order valence-corrected chi connectivity index (χ2v) is 3.26.